The van der Waals surface area contributed by atoms with Gasteiger partial charge >= 0.3 is 6.09 Å². The van der Waals surface area contributed by atoms with Crippen LogP contribution in [-0.4, -0.2) is 57.5 Å². The van der Waals surface area contributed by atoms with Gasteiger partial charge in [0.1, 0.15) is 11.3 Å². The summed E-state index contributed by atoms with van der Waals surface area (Å²) < 4.78 is 5.53. The molecule has 1 amide bonds. The number of carbonyl (C=O) groups is 1. The zero-order valence-corrected chi connectivity index (χ0v) is 17.9. The van der Waals surface area contributed by atoms with Crippen molar-refractivity contribution in [2.45, 2.75) is 39.3 Å². The van der Waals surface area contributed by atoms with Crippen LogP contribution in [0.25, 0.3) is 22.0 Å². The molecular weight excluding hydrogens is 378 g/mol. The number of anilines is 1. The highest BCUT2D eigenvalue weighted by Gasteiger charge is 2.31. The third-order valence-corrected chi connectivity index (χ3v) is 5.16. The Balaban J connectivity index is 1.63. The SMILES string of the molecule is C[C@@H]1CN(C(=O)OC(C)(C)C)CCN1c1nnc(-c2ccccc2)c2cnccc12. The van der Waals surface area contributed by atoms with Crippen LogP contribution in [0.5, 0.6) is 0 Å². The molecule has 0 spiro atoms. The molecule has 1 fully saturated rings. The molecule has 0 aliphatic carbocycles. The van der Waals surface area contributed by atoms with Crippen molar-refractivity contribution in [2.75, 3.05) is 24.5 Å². The molecule has 1 atom stereocenters. The Bertz CT molecular complexity index is 1050. The highest BCUT2D eigenvalue weighted by atomic mass is 16.6. The summed E-state index contributed by atoms with van der Waals surface area (Å²) in [4.78, 5) is 20.8. The number of piperazine rings is 1. The van der Waals surface area contributed by atoms with Crippen LogP contribution in [0, 0.1) is 0 Å². The van der Waals surface area contributed by atoms with Gasteiger partial charge in [0.2, 0.25) is 0 Å². The van der Waals surface area contributed by atoms with E-state index in [4.69, 9.17) is 4.74 Å². The molecule has 1 aliphatic heterocycles. The predicted molar refractivity (Wildman–Crippen MR) is 117 cm³/mol. The first-order chi connectivity index (χ1) is 14.3. The summed E-state index contributed by atoms with van der Waals surface area (Å²) in [5.41, 5.74) is 1.33. The minimum absolute atomic E-state index is 0.0829. The van der Waals surface area contributed by atoms with Gasteiger partial charge in [-0.1, -0.05) is 30.3 Å². The van der Waals surface area contributed by atoms with Gasteiger partial charge in [-0.25, -0.2) is 4.79 Å². The van der Waals surface area contributed by atoms with Gasteiger partial charge in [-0.2, -0.15) is 0 Å². The maximum absolute atomic E-state index is 12.5. The first kappa shape index (κ1) is 20.1. The molecule has 7 heteroatoms. The van der Waals surface area contributed by atoms with Crippen LogP contribution in [0.4, 0.5) is 10.6 Å². The normalized spacial score (nSPS) is 17.3. The summed E-state index contributed by atoms with van der Waals surface area (Å²) in [6.45, 7) is 9.56. The minimum atomic E-state index is -0.501. The number of aromatic nitrogens is 3. The molecule has 156 valence electrons. The minimum Gasteiger partial charge on any atom is -0.444 e. The average Bonchev–Trinajstić information content (AvgIpc) is 2.72. The number of amides is 1. The highest BCUT2D eigenvalue weighted by molar-refractivity contribution is 5.99. The number of ether oxygens (including phenoxy) is 1. The first-order valence-corrected chi connectivity index (χ1v) is 10.2. The molecule has 1 aliphatic rings. The molecule has 0 bridgehead atoms. The molecule has 2 aromatic heterocycles. The van der Waals surface area contributed by atoms with Crippen LogP contribution < -0.4 is 4.90 Å². The van der Waals surface area contributed by atoms with Crippen LogP contribution in [0.2, 0.25) is 0 Å². The molecule has 1 aromatic carbocycles. The lowest BCUT2D eigenvalue weighted by Gasteiger charge is -2.40. The Hall–Kier alpha value is -3.22. The van der Waals surface area contributed by atoms with E-state index in [9.17, 15) is 4.79 Å². The van der Waals surface area contributed by atoms with E-state index in [1.54, 1.807) is 11.1 Å². The molecule has 30 heavy (non-hydrogen) atoms. The van der Waals surface area contributed by atoms with Crippen LogP contribution in [0.3, 0.4) is 0 Å². The lowest BCUT2D eigenvalue weighted by atomic mass is 10.1. The number of fused-ring (bicyclic) bond motifs is 1. The van der Waals surface area contributed by atoms with Crippen molar-refractivity contribution in [1.29, 1.82) is 0 Å². The molecule has 0 saturated carbocycles. The maximum Gasteiger partial charge on any atom is 0.410 e. The zero-order chi connectivity index (χ0) is 21.3. The van der Waals surface area contributed by atoms with E-state index in [0.29, 0.717) is 19.6 Å². The second-order valence-corrected chi connectivity index (χ2v) is 8.63. The molecule has 3 heterocycles. The monoisotopic (exact) mass is 405 g/mol. The molecule has 0 radical (unpaired) electrons. The largest absolute Gasteiger partial charge is 0.444 e. The van der Waals surface area contributed by atoms with Gasteiger partial charge in [-0.15, -0.1) is 10.2 Å². The van der Waals surface area contributed by atoms with Crippen LogP contribution >= 0.6 is 0 Å². The number of hydrogen-bond acceptors (Lipinski definition) is 6. The lowest BCUT2D eigenvalue weighted by molar-refractivity contribution is 0.0218. The third-order valence-electron chi connectivity index (χ3n) is 5.16. The zero-order valence-electron chi connectivity index (χ0n) is 17.9. The van der Waals surface area contributed by atoms with E-state index in [1.807, 2.05) is 63.4 Å². The number of carbonyl (C=O) groups excluding carboxylic acids is 1. The highest BCUT2D eigenvalue weighted by Crippen LogP contribution is 2.32. The van der Waals surface area contributed by atoms with E-state index in [1.165, 1.54) is 0 Å². The van der Waals surface area contributed by atoms with Crippen molar-refractivity contribution in [2.24, 2.45) is 0 Å². The number of benzene rings is 1. The molecule has 1 saturated heterocycles. The van der Waals surface area contributed by atoms with Crippen molar-refractivity contribution in [3.05, 3.63) is 48.8 Å². The van der Waals surface area contributed by atoms with Gasteiger partial charge in [0.05, 0.1) is 0 Å². The maximum atomic E-state index is 12.5. The molecule has 4 rings (SSSR count). The number of pyridine rings is 1. The number of nitrogens with zero attached hydrogens (tertiary/aromatic N) is 5. The summed E-state index contributed by atoms with van der Waals surface area (Å²) in [6, 6.07) is 12.1. The first-order valence-electron chi connectivity index (χ1n) is 10.2. The van der Waals surface area contributed by atoms with Crippen LogP contribution in [-0.2, 0) is 4.74 Å². The second kappa shape index (κ2) is 7.89. The van der Waals surface area contributed by atoms with Crippen molar-refractivity contribution < 1.29 is 9.53 Å². The van der Waals surface area contributed by atoms with Gasteiger partial charge in [-0.3, -0.25) is 4.98 Å². The van der Waals surface area contributed by atoms with Crippen molar-refractivity contribution >= 4 is 22.7 Å². The van der Waals surface area contributed by atoms with Gasteiger partial charge in [0, 0.05) is 54.4 Å². The van der Waals surface area contributed by atoms with Crippen molar-refractivity contribution in [3.63, 3.8) is 0 Å². The van der Waals surface area contributed by atoms with Gasteiger partial charge in [0.15, 0.2) is 5.82 Å². The van der Waals surface area contributed by atoms with Gasteiger partial charge in [-0.05, 0) is 33.8 Å². The van der Waals surface area contributed by atoms with Crippen LogP contribution in [0.15, 0.2) is 48.8 Å². The third kappa shape index (κ3) is 4.06. The van der Waals surface area contributed by atoms with Crippen LogP contribution in [0.1, 0.15) is 27.7 Å². The van der Waals surface area contributed by atoms with Gasteiger partial charge < -0.3 is 14.5 Å². The van der Waals surface area contributed by atoms with E-state index < -0.39 is 5.60 Å². The fourth-order valence-electron chi connectivity index (χ4n) is 3.77. The number of hydrogen-bond donors (Lipinski definition) is 0. The predicted octanol–water partition coefficient (Wildman–Crippen LogP) is 4.14. The lowest BCUT2D eigenvalue weighted by Crippen LogP contribution is -2.55. The Morgan fingerprint density at radius 3 is 2.53 bits per heavy atom. The van der Waals surface area contributed by atoms with E-state index in [0.717, 1.165) is 27.8 Å². The Kier molecular flexibility index (Phi) is 5.28. The summed E-state index contributed by atoms with van der Waals surface area (Å²) in [5, 5.41) is 11.1. The average molecular weight is 406 g/mol. The summed E-state index contributed by atoms with van der Waals surface area (Å²) in [5.74, 6) is 0.823. The Labute approximate surface area is 176 Å². The topological polar surface area (TPSA) is 71.5 Å². The molecule has 3 aromatic rings. The Morgan fingerprint density at radius 1 is 1.07 bits per heavy atom. The van der Waals surface area contributed by atoms with E-state index >= 15 is 0 Å². The van der Waals surface area contributed by atoms with Crippen molar-refractivity contribution in [3.8, 4) is 11.3 Å². The number of rotatable bonds is 2. The molecule has 7 nitrogen and oxygen atoms in total. The standard InChI is InChI=1S/C23H27N5O2/c1-16-15-27(22(29)30-23(2,3)4)12-13-28(16)21-18-10-11-24-14-19(18)20(25-26-21)17-8-6-5-7-9-17/h5-11,14,16H,12-13,15H2,1-4H3/t16-/m1/s1. The van der Waals surface area contributed by atoms with Gasteiger partial charge in [0.25, 0.3) is 0 Å². The molecular formula is C23H27N5O2. The Morgan fingerprint density at radius 2 is 1.83 bits per heavy atom. The fraction of sp³-hybridized carbons (Fsp3) is 0.391. The smallest absolute Gasteiger partial charge is 0.410 e. The second-order valence-electron chi connectivity index (χ2n) is 8.63. The molecule has 0 unspecified atom stereocenters. The molecule has 0 N–H and O–H groups in total. The summed E-state index contributed by atoms with van der Waals surface area (Å²) in [6.07, 6.45) is 3.36. The summed E-state index contributed by atoms with van der Waals surface area (Å²) >= 11 is 0. The summed E-state index contributed by atoms with van der Waals surface area (Å²) in [7, 11) is 0. The quantitative estimate of drug-likeness (QED) is 0.638. The van der Waals surface area contributed by atoms with E-state index in [2.05, 4.69) is 27.0 Å². The van der Waals surface area contributed by atoms with Crippen molar-refractivity contribution in [1.82, 2.24) is 20.1 Å². The van der Waals surface area contributed by atoms with E-state index in [-0.39, 0.29) is 12.1 Å². The fourth-order valence-corrected chi connectivity index (χ4v) is 3.77.